The molecule has 2 aromatic carbocycles. The maximum Gasteiger partial charge on any atom is 0.191 e. The van der Waals surface area contributed by atoms with Crippen molar-refractivity contribution >= 4 is 50.7 Å². The zero-order chi connectivity index (χ0) is 20.1. The minimum atomic E-state index is -3.22. The average Bonchev–Trinajstić information content (AvgIpc) is 3.05. The number of nitrogens with zero attached hydrogens (tertiary/aromatic N) is 1. The number of hydrogen-bond acceptors (Lipinski definition) is 4. The Balaban J connectivity index is 0.00000300. The molecular weight excluding hydrogens is 508 g/mol. The minimum Gasteiger partial charge on any atom is -0.459 e. The number of hydrogen-bond donors (Lipinski definition) is 2. The van der Waals surface area contributed by atoms with Gasteiger partial charge in [-0.3, -0.25) is 4.99 Å². The summed E-state index contributed by atoms with van der Waals surface area (Å²) < 4.78 is 42.6. The van der Waals surface area contributed by atoms with Crippen LogP contribution in [-0.2, 0) is 28.7 Å². The fourth-order valence-electron chi connectivity index (χ4n) is 2.88. The summed E-state index contributed by atoms with van der Waals surface area (Å²) in [6, 6.07) is 13.8. The Morgan fingerprint density at radius 3 is 2.48 bits per heavy atom. The van der Waals surface area contributed by atoms with Gasteiger partial charge in [-0.25, -0.2) is 12.8 Å². The first-order valence-electron chi connectivity index (χ1n) is 8.71. The van der Waals surface area contributed by atoms with Crippen molar-refractivity contribution in [2.75, 3.05) is 13.3 Å². The second kappa shape index (κ2) is 10.1. The quantitative estimate of drug-likeness (QED) is 0.289. The zero-order valence-corrected chi connectivity index (χ0v) is 19.3. The lowest BCUT2D eigenvalue weighted by Crippen LogP contribution is -2.36. The minimum absolute atomic E-state index is 0. The Morgan fingerprint density at radius 2 is 1.79 bits per heavy atom. The normalized spacial score (nSPS) is 11.9. The van der Waals surface area contributed by atoms with Gasteiger partial charge in [-0.05, 0) is 35.4 Å². The van der Waals surface area contributed by atoms with Crippen LogP contribution in [0.5, 0.6) is 0 Å². The van der Waals surface area contributed by atoms with Crippen LogP contribution in [0.4, 0.5) is 4.39 Å². The number of rotatable bonds is 6. The Labute approximate surface area is 186 Å². The highest BCUT2D eigenvalue weighted by molar-refractivity contribution is 14.0. The zero-order valence-electron chi connectivity index (χ0n) is 16.1. The smallest absolute Gasteiger partial charge is 0.191 e. The summed E-state index contributed by atoms with van der Waals surface area (Å²) in [6.07, 6.45) is 1.15. The Bertz CT molecular complexity index is 1080. The van der Waals surface area contributed by atoms with E-state index in [0.29, 0.717) is 23.6 Å². The third-order valence-electron chi connectivity index (χ3n) is 4.16. The number of sulfone groups is 1. The van der Waals surface area contributed by atoms with Gasteiger partial charge in [0.2, 0.25) is 0 Å². The summed E-state index contributed by atoms with van der Waals surface area (Å²) in [4.78, 5) is 4.14. The van der Waals surface area contributed by atoms with Crippen LogP contribution in [0.3, 0.4) is 0 Å². The van der Waals surface area contributed by atoms with E-state index in [0.717, 1.165) is 23.0 Å². The topological polar surface area (TPSA) is 83.7 Å². The average molecular weight is 531 g/mol. The molecular formula is C20H23FIN3O3S. The SMILES string of the molecule is CN=C(NCc1cc2ccccc2o1)NCc1cc(F)ccc1CS(C)(=O)=O.I. The third kappa shape index (κ3) is 6.70. The molecule has 1 aromatic heterocycles. The van der Waals surface area contributed by atoms with Gasteiger partial charge in [-0.1, -0.05) is 24.3 Å². The maximum atomic E-state index is 13.6. The van der Waals surface area contributed by atoms with E-state index in [9.17, 15) is 12.8 Å². The molecule has 0 atom stereocenters. The summed E-state index contributed by atoms with van der Waals surface area (Å²) >= 11 is 0. The molecule has 0 aliphatic rings. The molecule has 1 heterocycles. The molecule has 2 N–H and O–H groups in total. The van der Waals surface area contributed by atoms with Crippen LogP contribution in [0.1, 0.15) is 16.9 Å². The molecule has 0 aliphatic heterocycles. The van der Waals surface area contributed by atoms with E-state index in [1.807, 2.05) is 30.3 Å². The molecule has 3 aromatic rings. The van der Waals surface area contributed by atoms with Crippen LogP contribution >= 0.6 is 24.0 Å². The lowest BCUT2D eigenvalue weighted by atomic mass is 10.1. The van der Waals surface area contributed by atoms with Gasteiger partial charge >= 0.3 is 0 Å². The van der Waals surface area contributed by atoms with Gasteiger partial charge in [-0.15, -0.1) is 24.0 Å². The van der Waals surface area contributed by atoms with Crippen LogP contribution < -0.4 is 10.6 Å². The Hall–Kier alpha value is -2.14. The lowest BCUT2D eigenvalue weighted by Gasteiger charge is -2.13. The number of halogens is 2. The predicted molar refractivity (Wildman–Crippen MR) is 124 cm³/mol. The highest BCUT2D eigenvalue weighted by Gasteiger charge is 2.11. The number of para-hydroxylation sites is 1. The van der Waals surface area contributed by atoms with Crippen LogP contribution in [0.25, 0.3) is 11.0 Å². The number of benzene rings is 2. The van der Waals surface area contributed by atoms with Crippen molar-refractivity contribution in [3.8, 4) is 0 Å². The molecule has 0 aliphatic carbocycles. The number of guanidine groups is 1. The first-order chi connectivity index (χ1) is 13.3. The molecule has 9 heteroatoms. The number of fused-ring (bicyclic) bond motifs is 1. The lowest BCUT2D eigenvalue weighted by molar-refractivity contribution is 0.538. The van der Waals surface area contributed by atoms with Crippen LogP contribution in [0.15, 0.2) is 57.9 Å². The summed E-state index contributed by atoms with van der Waals surface area (Å²) in [5.74, 6) is 0.692. The van der Waals surface area contributed by atoms with Crippen molar-refractivity contribution in [2.24, 2.45) is 4.99 Å². The van der Waals surface area contributed by atoms with Crippen LogP contribution in [0.2, 0.25) is 0 Å². The van der Waals surface area contributed by atoms with E-state index < -0.39 is 15.7 Å². The molecule has 0 saturated carbocycles. The molecule has 0 unspecified atom stereocenters. The first kappa shape index (κ1) is 23.1. The highest BCUT2D eigenvalue weighted by Crippen LogP contribution is 2.18. The van der Waals surface area contributed by atoms with Crippen molar-refractivity contribution in [1.29, 1.82) is 0 Å². The van der Waals surface area contributed by atoms with E-state index in [1.165, 1.54) is 18.2 Å². The fraction of sp³-hybridized carbons (Fsp3) is 0.250. The van der Waals surface area contributed by atoms with E-state index in [1.54, 1.807) is 7.05 Å². The fourth-order valence-corrected chi connectivity index (χ4v) is 3.72. The number of nitrogens with one attached hydrogen (secondary N) is 2. The van der Waals surface area contributed by atoms with Crippen molar-refractivity contribution in [2.45, 2.75) is 18.8 Å². The van der Waals surface area contributed by atoms with Gasteiger partial charge < -0.3 is 15.1 Å². The van der Waals surface area contributed by atoms with Crippen LogP contribution in [0, 0.1) is 5.82 Å². The van der Waals surface area contributed by atoms with E-state index >= 15 is 0 Å². The van der Waals surface area contributed by atoms with Crippen molar-refractivity contribution in [3.63, 3.8) is 0 Å². The van der Waals surface area contributed by atoms with Gasteiger partial charge in [-0.2, -0.15) is 0 Å². The molecule has 0 radical (unpaired) electrons. The summed E-state index contributed by atoms with van der Waals surface area (Å²) in [7, 11) is -1.60. The van der Waals surface area contributed by atoms with E-state index in [2.05, 4.69) is 15.6 Å². The highest BCUT2D eigenvalue weighted by atomic mass is 127. The molecule has 0 amide bonds. The van der Waals surface area contributed by atoms with Crippen molar-refractivity contribution < 1.29 is 17.2 Å². The van der Waals surface area contributed by atoms with Crippen molar-refractivity contribution in [3.05, 3.63) is 71.2 Å². The largest absolute Gasteiger partial charge is 0.459 e. The van der Waals surface area contributed by atoms with Gasteiger partial charge in [0.15, 0.2) is 15.8 Å². The second-order valence-corrected chi connectivity index (χ2v) is 8.65. The maximum absolute atomic E-state index is 13.6. The molecule has 0 saturated heterocycles. The summed E-state index contributed by atoms with van der Waals surface area (Å²) in [5, 5.41) is 7.23. The third-order valence-corrected chi connectivity index (χ3v) is 5.00. The molecule has 0 fully saturated rings. The van der Waals surface area contributed by atoms with Gasteiger partial charge in [0, 0.05) is 25.2 Å². The Morgan fingerprint density at radius 1 is 1.07 bits per heavy atom. The van der Waals surface area contributed by atoms with Gasteiger partial charge in [0.05, 0.1) is 12.3 Å². The molecule has 3 rings (SSSR count). The van der Waals surface area contributed by atoms with Crippen molar-refractivity contribution in [1.82, 2.24) is 10.6 Å². The van der Waals surface area contributed by atoms with Gasteiger partial charge in [0.1, 0.15) is 17.2 Å². The number of aliphatic imine (C=N–C) groups is 1. The van der Waals surface area contributed by atoms with Gasteiger partial charge in [0.25, 0.3) is 0 Å². The summed E-state index contributed by atoms with van der Waals surface area (Å²) in [5.41, 5.74) is 1.94. The monoisotopic (exact) mass is 531 g/mol. The summed E-state index contributed by atoms with van der Waals surface area (Å²) in [6.45, 7) is 0.663. The molecule has 6 nitrogen and oxygen atoms in total. The number of furan rings is 1. The molecule has 0 spiro atoms. The molecule has 29 heavy (non-hydrogen) atoms. The standard InChI is InChI=1S/C20H22FN3O3S.HI/c1-22-20(24-12-18-10-14-5-3-4-6-19(14)27-18)23-11-16-9-17(21)8-7-15(16)13-28(2,25)26;/h3-10H,11-13H2,1-2H3,(H2,22,23,24);1H. The van der Waals surface area contributed by atoms with Crippen LogP contribution in [-0.4, -0.2) is 27.7 Å². The molecule has 0 bridgehead atoms. The van der Waals surface area contributed by atoms with E-state index in [-0.39, 0.29) is 36.3 Å². The first-order valence-corrected chi connectivity index (χ1v) is 10.8. The Kier molecular flexibility index (Phi) is 8.03. The second-order valence-electron chi connectivity index (χ2n) is 6.51. The predicted octanol–water partition coefficient (Wildman–Crippen LogP) is 3.60. The van der Waals surface area contributed by atoms with E-state index in [4.69, 9.17) is 4.42 Å². The molecule has 156 valence electrons.